The fraction of sp³-hybridized carbons (Fsp3) is 0.278. The number of imidazole rings is 1. The zero-order chi connectivity index (χ0) is 16.7. The number of H-pyrrole nitrogens is 1. The van der Waals surface area contributed by atoms with Crippen LogP contribution in [-0.2, 0) is 13.0 Å². The average molecular weight is 322 g/mol. The molecular weight excluding hydrogens is 304 g/mol. The highest BCUT2D eigenvalue weighted by Crippen LogP contribution is 2.26. The first-order valence-corrected chi connectivity index (χ1v) is 7.98. The molecule has 3 heterocycles. The van der Waals surface area contributed by atoms with Crippen molar-refractivity contribution in [1.82, 2.24) is 19.9 Å². The van der Waals surface area contributed by atoms with Gasteiger partial charge in [-0.05, 0) is 26.0 Å². The van der Waals surface area contributed by atoms with Crippen LogP contribution >= 0.6 is 0 Å². The number of hydrogen-bond donors (Lipinski definition) is 1. The van der Waals surface area contributed by atoms with E-state index in [1.54, 1.807) is 4.90 Å². The van der Waals surface area contributed by atoms with E-state index in [2.05, 4.69) is 15.0 Å². The third-order valence-corrected chi connectivity index (χ3v) is 4.24. The van der Waals surface area contributed by atoms with Gasteiger partial charge in [-0.2, -0.15) is 0 Å². The molecule has 0 saturated carbocycles. The van der Waals surface area contributed by atoms with Crippen molar-refractivity contribution in [2.24, 2.45) is 0 Å². The summed E-state index contributed by atoms with van der Waals surface area (Å²) in [7, 11) is 0. The predicted octanol–water partition coefficient (Wildman–Crippen LogP) is 2.88. The zero-order valence-electron chi connectivity index (χ0n) is 13.7. The van der Waals surface area contributed by atoms with Crippen molar-refractivity contribution in [3.8, 4) is 11.5 Å². The number of aryl methyl sites for hydroxylation is 2. The maximum absolute atomic E-state index is 12.7. The van der Waals surface area contributed by atoms with Gasteiger partial charge in [-0.25, -0.2) is 9.97 Å². The largest absolute Gasteiger partial charge is 0.441 e. The molecule has 0 bridgehead atoms. The van der Waals surface area contributed by atoms with Gasteiger partial charge in [-0.15, -0.1) is 0 Å². The Hall–Kier alpha value is -2.89. The lowest BCUT2D eigenvalue weighted by atomic mass is 10.1. The van der Waals surface area contributed by atoms with Crippen LogP contribution < -0.4 is 0 Å². The number of carbonyl (C=O) groups is 1. The summed E-state index contributed by atoms with van der Waals surface area (Å²) in [5, 5.41) is 0. The minimum Gasteiger partial charge on any atom is -0.441 e. The topological polar surface area (TPSA) is 75.0 Å². The monoisotopic (exact) mass is 322 g/mol. The van der Waals surface area contributed by atoms with E-state index in [4.69, 9.17) is 4.42 Å². The van der Waals surface area contributed by atoms with Crippen LogP contribution in [0.1, 0.15) is 33.5 Å². The summed E-state index contributed by atoms with van der Waals surface area (Å²) in [5.74, 6) is 2.17. The Morgan fingerprint density at radius 3 is 2.71 bits per heavy atom. The number of oxazole rings is 1. The van der Waals surface area contributed by atoms with E-state index in [-0.39, 0.29) is 5.91 Å². The summed E-state index contributed by atoms with van der Waals surface area (Å²) >= 11 is 0. The van der Waals surface area contributed by atoms with E-state index >= 15 is 0 Å². The molecule has 0 saturated heterocycles. The maximum atomic E-state index is 12.7. The summed E-state index contributed by atoms with van der Waals surface area (Å²) in [6, 6.07) is 9.81. The zero-order valence-corrected chi connectivity index (χ0v) is 13.7. The maximum Gasteiger partial charge on any atom is 0.274 e. The van der Waals surface area contributed by atoms with Crippen LogP contribution in [0, 0.1) is 13.8 Å². The van der Waals surface area contributed by atoms with E-state index in [9.17, 15) is 4.79 Å². The third kappa shape index (κ3) is 2.50. The molecule has 1 aliphatic rings. The Labute approximate surface area is 139 Å². The Bertz CT molecular complexity index is 895. The lowest BCUT2D eigenvalue weighted by Gasteiger charge is -2.24. The highest BCUT2D eigenvalue weighted by atomic mass is 16.4. The lowest BCUT2D eigenvalue weighted by molar-refractivity contribution is 0.0721. The van der Waals surface area contributed by atoms with E-state index in [0.29, 0.717) is 31.1 Å². The van der Waals surface area contributed by atoms with Crippen LogP contribution in [0.2, 0.25) is 0 Å². The second-order valence-corrected chi connectivity index (χ2v) is 6.03. The van der Waals surface area contributed by atoms with Crippen molar-refractivity contribution < 1.29 is 9.21 Å². The molecule has 0 atom stereocenters. The standard InChI is InChI=1S/C18H18N4O2/c1-11-16(20-12(2)19-11)18(23)22-9-8-15-14(10-22)21-17(24-15)13-6-4-3-5-7-13/h3-7H,8-10H2,1-2H3,(H,19,20). The Kier molecular flexibility index (Phi) is 3.45. The molecule has 0 fully saturated rings. The van der Waals surface area contributed by atoms with Crippen LogP contribution in [0.4, 0.5) is 0 Å². The molecule has 1 aromatic carbocycles. The highest BCUT2D eigenvalue weighted by Gasteiger charge is 2.28. The molecule has 1 aliphatic heterocycles. The SMILES string of the molecule is Cc1nc(C(=O)N2CCc3oc(-c4ccccc4)nc3C2)c(C)[nH]1. The molecule has 0 spiro atoms. The molecule has 2 aromatic heterocycles. The van der Waals surface area contributed by atoms with Gasteiger partial charge in [-0.1, -0.05) is 18.2 Å². The van der Waals surface area contributed by atoms with Gasteiger partial charge >= 0.3 is 0 Å². The number of carbonyl (C=O) groups excluding carboxylic acids is 1. The minimum absolute atomic E-state index is 0.0632. The minimum atomic E-state index is -0.0632. The lowest BCUT2D eigenvalue weighted by Crippen LogP contribution is -2.36. The van der Waals surface area contributed by atoms with Gasteiger partial charge in [0.15, 0.2) is 0 Å². The first-order chi connectivity index (χ1) is 11.6. The number of aromatic nitrogens is 3. The van der Waals surface area contributed by atoms with Crippen molar-refractivity contribution in [2.75, 3.05) is 6.54 Å². The Balaban J connectivity index is 1.59. The van der Waals surface area contributed by atoms with Gasteiger partial charge in [0.05, 0.1) is 6.54 Å². The number of fused-ring (bicyclic) bond motifs is 1. The number of aromatic amines is 1. The molecule has 3 aromatic rings. The molecule has 122 valence electrons. The van der Waals surface area contributed by atoms with Crippen LogP contribution in [-0.4, -0.2) is 32.3 Å². The number of nitrogens with one attached hydrogen (secondary N) is 1. The summed E-state index contributed by atoms with van der Waals surface area (Å²) in [6.07, 6.45) is 0.670. The second-order valence-electron chi connectivity index (χ2n) is 6.03. The van der Waals surface area contributed by atoms with E-state index in [1.807, 2.05) is 44.2 Å². The summed E-state index contributed by atoms with van der Waals surface area (Å²) in [5.41, 5.74) is 3.07. The summed E-state index contributed by atoms with van der Waals surface area (Å²) in [4.78, 5) is 26.5. The Morgan fingerprint density at radius 1 is 1.21 bits per heavy atom. The van der Waals surface area contributed by atoms with Crippen LogP contribution in [0.3, 0.4) is 0 Å². The van der Waals surface area contributed by atoms with E-state index in [0.717, 1.165) is 28.5 Å². The van der Waals surface area contributed by atoms with E-state index in [1.165, 1.54) is 0 Å². The van der Waals surface area contributed by atoms with Crippen LogP contribution in [0.15, 0.2) is 34.7 Å². The quantitative estimate of drug-likeness (QED) is 0.787. The molecule has 4 rings (SSSR count). The van der Waals surface area contributed by atoms with Gasteiger partial charge < -0.3 is 14.3 Å². The highest BCUT2D eigenvalue weighted by molar-refractivity contribution is 5.93. The number of rotatable bonds is 2. The number of hydrogen-bond acceptors (Lipinski definition) is 4. The van der Waals surface area contributed by atoms with Crippen LogP contribution in [0.25, 0.3) is 11.5 Å². The molecule has 0 aliphatic carbocycles. The Morgan fingerprint density at radius 2 is 2.00 bits per heavy atom. The van der Waals surface area contributed by atoms with Gasteiger partial charge in [0.1, 0.15) is 23.0 Å². The second kappa shape index (κ2) is 5.63. The van der Waals surface area contributed by atoms with Crippen molar-refractivity contribution in [3.05, 3.63) is 59.0 Å². The number of amides is 1. The normalized spacial score (nSPS) is 13.8. The van der Waals surface area contributed by atoms with Crippen LogP contribution in [0.5, 0.6) is 0 Å². The predicted molar refractivity (Wildman–Crippen MR) is 88.4 cm³/mol. The summed E-state index contributed by atoms with van der Waals surface area (Å²) < 4.78 is 5.88. The molecule has 1 N–H and O–H groups in total. The van der Waals surface area contributed by atoms with Crippen molar-refractivity contribution >= 4 is 5.91 Å². The fourth-order valence-electron chi connectivity index (χ4n) is 3.04. The third-order valence-electron chi connectivity index (χ3n) is 4.24. The first-order valence-electron chi connectivity index (χ1n) is 7.98. The molecule has 6 nitrogen and oxygen atoms in total. The molecule has 0 unspecified atom stereocenters. The molecule has 6 heteroatoms. The van der Waals surface area contributed by atoms with Crippen molar-refractivity contribution in [3.63, 3.8) is 0 Å². The molecule has 1 amide bonds. The van der Waals surface area contributed by atoms with Gasteiger partial charge in [0, 0.05) is 24.2 Å². The van der Waals surface area contributed by atoms with E-state index < -0.39 is 0 Å². The number of nitrogens with zero attached hydrogens (tertiary/aromatic N) is 3. The summed E-state index contributed by atoms with van der Waals surface area (Å²) in [6.45, 7) is 4.78. The smallest absolute Gasteiger partial charge is 0.274 e. The number of benzene rings is 1. The van der Waals surface area contributed by atoms with Crippen molar-refractivity contribution in [1.29, 1.82) is 0 Å². The first kappa shape index (κ1) is 14.7. The van der Waals surface area contributed by atoms with Crippen molar-refractivity contribution in [2.45, 2.75) is 26.8 Å². The van der Waals surface area contributed by atoms with Gasteiger partial charge in [0.2, 0.25) is 5.89 Å². The van der Waals surface area contributed by atoms with Gasteiger partial charge in [0.25, 0.3) is 5.91 Å². The molecular formula is C18H18N4O2. The average Bonchev–Trinajstić information content (AvgIpc) is 3.17. The molecule has 24 heavy (non-hydrogen) atoms. The fourth-order valence-corrected chi connectivity index (χ4v) is 3.04. The molecule has 0 radical (unpaired) electrons. The van der Waals surface area contributed by atoms with Gasteiger partial charge in [-0.3, -0.25) is 4.79 Å².